The molecule has 2 aromatic rings. The molecule has 138 valence electrons. The first-order valence-corrected chi connectivity index (χ1v) is 7.80. The van der Waals surface area contributed by atoms with Crippen molar-refractivity contribution < 1.29 is 32.5 Å². The van der Waals surface area contributed by atoms with Gasteiger partial charge in [-0.3, -0.25) is 0 Å². The Kier molecular flexibility index (Phi) is 6.52. The second kappa shape index (κ2) is 8.14. The first-order chi connectivity index (χ1) is 12.2. The van der Waals surface area contributed by atoms with Crippen LogP contribution in [0.1, 0.15) is 11.1 Å². The Balaban J connectivity index is 0.00000261. The molecule has 0 bridgehead atoms. The summed E-state index contributed by atoms with van der Waals surface area (Å²) < 4.78 is 50.0. The van der Waals surface area contributed by atoms with E-state index in [4.69, 9.17) is 26.2 Å². The van der Waals surface area contributed by atoms with Crippen molar-refractivity contribution in [2.45, 2.75) is 19.2 Å². The third kappa shape index (κ3) is 4.60. The van der Waals surface area contributed by atoms with Crippen LogP contribution in [-0.4, -0.2) is 52.9 Å². The van der Waals surface area contributed by atoms with Gasteiger partial charge in [0, 0.05) is 5.02 Å². The molecule has 1 atom stereocenters. The van der Waals surface area contributed by atoms with Gasteiger partial charge in [-0.05, 0) is 48.9 Å². The van der Waals surface area contributed by atoms with Crippen LogP contribution < -0.4 is 9.47 Å². The summed E-state index contributed by atoms with van der Waals surface area (Å²) >= 11 is 5.89. The normalized spacial score (nSPS) is 15.7. The maximum absolute atomic E-state index is 13.1. The van der Waals surface area contributed by atoms with Crippen LogP contribution in [0.5, 0.6) is 17.2 Å². The molecule has 0 aliphatic carbocycles. The molecule has 0 amide bonds. The fourth-order valence-electron chi connectivity index (χ4n) is 2.54. The summed E-state index contributed by atoms with van der Waals surface area (Å²) in [7, 11) is 0. The Morgan fingerprint density at radius 3 is 2.52 bits per heavy atom. The van der Waals surface area contributed by atoms with Gasteiger partial charge in [-0.15, -0.1) is 0 Å². The molecule has 0 saturated heterocycles. The van der Waals surface area contributed by atoms with Gasteiger partial charge < -0.3 is 14.6 Å². The number of halogens is 4. The summed E-state index contributed by atoms with van der Waals surface area (Å²) in [6.07, 6.45) is -6.47. The van der Waals surface area contributed by atoms with Crippen LogP contribution in [0, 0.1) is 6.92 Å². The van der Waals surface area contributed by atoms with E-state index in [0.717, 1.165) is 6.08 Å². The second-order valence-electron chi connectivity index (χ2n) is 5.62. The van der Waals surface area contributed by atoms with E-state index in [1.54, 1.807) is 25.1 Å². The number of alkyl halides is 3. The Bertz CT molecular complexity index is 912. The van der Waals surface area contributed by atoms with Crippen LogP contribution >= 0.6 is 11.6 Å². The van der Waals surface area contributed by atoms with Crippen molar-refractivity contribution in [1.29, 1.82) is 0 Å². The molecule has 0 fully saturated rings. The first kappa shape index (κ1) is 21.6. The Hall–Kier alpha value is -1.67. The molecular formula is C18H13ClF3NaO4. The maximum atomic E-state index is 13.1. The number of ether oxygens (including phenoxy) is 2. The number of carboxylic acid groups (broad SMARTS) is 1. The number of benzene rings is 2. The van der Waals surface area contributed by atoms with Crippen LogP contribution in [-0.2, 0) is 4.79 Å². The second-order valence-corrected chi connectivity index (χ2v) is 6.06. The van der Waals surface area contributed by atoms with Crippen LogP contribution in [0.25, 0.3) is 6.08 Å². The molecule has 9 heteroatoms. The molecule has 3 rings (SSSR count). The van der Waals surface area contributed by atoms with E-state index in [2.05, 4.69) is 0 Å². The first-order valence-electron chi connectivity index (χ1n) is 7.42. The van der Waals surface area contributed by atoms with Crippen molar-refractivity contribution in [3.63, 3.8) is 0 Å². The average molecular weight is 409 g/mol. The number of aliphatic carboxylic acids is 1. The summed E-state index contributed by atoms with van der Waals surface area (Å²) in [4.78, 5) is 11.3. The van der Waals surface area contributed by atoms with Crippen molar-refractivity contribution in [3.8, 4) is 17.2 Å². The van der Waals surface area contributed by atoms with Crippen LogP contribution in [0.15, 0.2) is 42.0 Å². The number of fused-ring (bicyclic) bond motifs is 1. The topological polar surface area (TPSA) is 55.8 Å². The molecular weight excluding hydrogens is 396 g/mol. The van der Waals surface area contributed by atoms with Crippen LogP contribution in [0.4, 0.5) is 13.2 Å². The Morgan fingerprint density at radius 2 is 1.93 bits per heavy atom. The minimum atomic E-state index is -4.86. The minimum absolute atomic E-state index is 0. The molecule has 1 aliphatic rings. The molecule has 1 unspecified atom stereocenters. The van der Waals surface area contributed by atoms with Crippen molar-refractivity contribution in [2.75, 3.05) is 0 Å². The summed E-state index contributed by atoms with van der Waals surface area (Å²) in [5, 5.41) is 9.66. The number of rotatable bonds is 3. The molecule has 1 N–H and O–H groups in total. The fraction of sp³-hybridized carbons (Fsp3) is 0.167. The number of carboxylic acids is 1. The van der Waals surface area contributed by atoms with E-state index in [9.17, 15) is 18.0 Å². The molecule has 1 heterocycles. The number of carbonyl (C=O) groups is 1. The summed E-state index contributed by atoms with van der Waals surface area (Å²) in [5.74, 6) is -1.21. The zero-order valence-electron chi connectivity index (χ0n) is 13.3. The van der Waals surface area contributed by atoms with Gasteiger partial charge in [-0.25, -0.2) is 4.79 Å². The van der Waals surface area contributed by atoms with E-state index in [1.165, 1.54) is 18.2 Å². The fourth-order valence-corrected chi connectivity index (χ4v) is 2.77. The number of hydrogen-bond donors (Lipinski definition) is 1. The molecule has 0 aromatic heterocycles. The van der Waals surface area contributed by atoms with E-state index < -0.39 is 23.8 Å². The number of aryl methyl sites for hydroxylation is 1. The van der Waals surface area contributed by atoms with E-state index in [0.29, 0.717) is 16.3 Å². The summed E-state index contributed by atoms with van der Waals surface area (Å²) in [5.41, 5.74) is -0.0731. The van der Waals surface area contributed by atoms with Gasteiger partial charge in [0.15, 0.2) is 0 Å². The Morgan fingerprint density at radius 1 is 1.22 bits per heavy atom. The van der Waals surface area contributed by atoms with Crippen LogP contribution in [0.2, 0.25) is 5.02 Å². The predicted octanol–water partition coefficient (Wildman–Crippen LogP) is 4.58. The van der Waals surface area contributed by atoms with Crippen molar-refractivity contribution in [3.05, 3.63) is 58.1 Å². The van der Waals surface area contributed by atoms with Crippen molar-refractivity contribution in [1.82, 2.24) is 0 Å². The molecule has 27 heavy (non-hydrogen) atoms. The monoisotopic (exact) mass is 408 g/mol. The van der Waals surface area contributed by atoms with Gasteiger partial charge in [0.25, 0.3) is 0 Å². The number of hydrogen-bond acceptors (Lipinski definition) is 3. The molecule has 4 nitrogen and oxygen atoms in total. The third-order valence-corrected chi connectivity index (χ3v) is 3.99. The van der Waals surface area contributed by atoms with Crippen LogP contribution in [0.3, 0.4) is 0 Å². The SMILES string of the molecule is Cc1cc(Cl)ccc1Oc1cccc2c1C=C(C(=O)O)C(C(F)(F)F)O2.[NaH]. The van der Waals surface area contributed by atoms with E-state index >= 15 is 0 Å². The van der Waals surface area contributed by atoms with Gasteiger partial charge in [-0.1, -0.05) is 17.7 Å². The van der Waals surface area contributed by atoms with E-state index in [1.807, 2.05) is 0 Å². The zero-order chi connectivity index (χ0) is 19.1. The molecule has 2 aromatic carbocycles. The molecule has 0 radical (unpaired) electrons. The van der Waals surface area contributed by atoms with Gasteiger partial charge in [-0.2, -0.15) is 13.2 Å². The quantitative estimate of drug-likeness (QED) is 0.755. The third-order valence-electron chi connectivity index (χ3n) is 3.75. The molecule has 0 spiro atoms. The van der Waals surface area contributed by atoms with Crippen molar-refractivity contribution >= 4 is 53.2 Å². The van der Waals surface area contributed by atoms with Gasteiger partial charge in [0.2, 0.25) is 6.10 Å². The standard InChI is InChI=1S/C18H12ClF3O4.Na.H/c1-9-7-10(19)5-6-13(9)25-14-3-2-4-15-11(14)8-12(17(23)24)16(26-15)18(20,21)22;;/h2-8,16H,1H3,(H,23,24);;. The summed E-state index contributed by atoms with van der Waals surface area (Å²) in [6, 6.07) is 9.19. The average Bonchev–Trinajstić information content (AvgIpc) is 2.55. The van der Waals surface area contributed by atoms with Gasteiger partial charge in [0.1, 0.15) is 17.2 Å². The predicted molar refractivity (Wildman–Crippen MR) is 95.9 cm³/mol. The molecule has 0 saturated carbocycles. The summed E-state index contributed by atoms with van der Waals surface area (Å²) in [6.45, 7) is 1.76. The molecule has 1 aliphatic heterocycles. The Labute approximate surface area is 179 Å². The van der Waals surface area contributed by atoms with Crippen molar-refractivity contribution in [2.24, 2.45) is 0 Å². The van der Waals surface area contributed by atoms with Gasteiger partial charge in [0.05, 0.1) is 11.1 Å². The van der Waals surface area contributed by atoms with Gasteiger partial charge >= 0.3 is 41.7 Å². The van der Waals surface area contributed by atoms with E-state index in [-0.39, 0.29) is 46.6 Å². The zero-order valence-corrected chi connectivity index (χ0v) is 14.1.